The SMILES string of the molecule is COC(=O)C(CCN1CCCCC1)c1ccc(OC(C)=O)cc1. The van der Waals surface area contributed by atoms with Crippen LogP contribution >= 0.6 is 0 Å². The molecular formula is C18H25NO4. The van der Waals surface area contributed by atoms with Gasteiger partial charge >= 0.3 is 11.9 Å². The molecule has 5 nitrogen and oxygen atoms in total. The molecule has 0 bridgehead atoms. The zero-order valence-corrected chi connectivity index (χ0v) is 13.9. The van der Waals surface area contributed by atoms with E-state index in [0.717, 1.165) is 31.6 Å². The molecule has 0 aliphatic carbocycles. The molecule has 1 aromatic carbocycles. The standard InChI is InChI=1S/C18H25NO4/c1-14(20)23-16-8-6-15(7-9-16)17(18(21)22-2)10-13-19-11-4-3-5-12-19/h6-9,17H,3-5,10-13H2,1-2H3. The fourth-order valence-electron chi connectivity index (χ4n) is 2.99. The fraction of sp³-hybridized carbons (Fsp3) is 0.556. The average Bonchev–Trinajstić information content (AvgIpc) is 2.56. The van der Waals surface area contributed by atoms with Crippen molar-refractivity contribution in [3.05, 3.63) is 29.8 Å². The lowest BCUT2D eigenvalue weighted by molar-refractivity contribution is -0.142. The van der Waals surface area contributed by atoms with Crippen LogP contribution in [0, 0.1) is 0 Å². The first-order chi connectivity index (χ1) is 11.1. The molecule has 0 N–H and O–H groups in total. The summed E-state index contributed by atoms with van der Waals surface area (Å²) in [5, 5.41) is 0. The van der Waals surface area contributed by atoms with Gasteiger partial charge in [-0.2, -0.15) is 0 Å². The van der Waals surface area contributed by atoms with Crippen molar-refractivity contribution < 1.29 is 19.1 Å². The van der Waals surface area contributed by atoms with E-state index in [1.54, 1.807) is 12.1 Å². The van der Waals surface area contributed by atoms with Crippen LogP contribution in [0.2, 0.25) is 0 Å². The van der Waals surface area contributed by atoms with Crippen LogP contribution in [0.5, 0.6) is 5.75 Å². The second kappa shape index (κ2) is 8.67. The molecule has 1 saturated heterocycles. The van der Waals surface area contributed by atoms with Gasteiger partial charge in [0.05, 0.1) is 13.0 Å². The van der Waals surface area contributed by atoms with Gasteiger partial charge < -0.3 is 14.4 Å². The van der Waals surface area contributed by atoms with E-state index in [1.165, 1.54) is 33.3 Å². The number of likely N-dealkylation sites (tertiary alicyclic amines) is 1. The number of carbonyl (C=O) groups excluding carboxylic acids is 2. The Labute approximate surface area is 137 Å². The molecule has 1 aromatic rings. The van der Waals surface area contributed by atoms with Gasteiger partial charge in [-0.25, -0.2) is 0 Å². The first-order valence-electron chi connectivity index (χ1n) is 8.18. The Hall–Kier alpha value is -1.88. The van der Waals surface area contributed by atoms with Crippen molar-refractivity contribution in [2.75, 3.05) is 26.7 Å². The molecule has 0 aromatic heterocycles. The predicted molar refractivity (Wildman–Crippen MR) is 87.4 cm³/mol. The maximum absolute atomic E-state index is 12.1. The van der Waals surface area contributed by atoms with Gasteiger partial charge in [0.1, 0.15) is 5.75 Å². The molecule has 1 unspecified atom stereocenters. The lowest BCUT2D eigenvalue weighted by Gasteiger charge is -2.27. The number of nitrogens with zero attached hydrogens (tertiary/aromatic N) is 1. The van der Waals surface area contributed by atoms with Crippen LogP contribution in [0.4, 0.5) is 0 Å². The number of carbonyl (C=O) groups is 2. The maximum Gasteiger partial charge on any atom is 0.313 e. The molecular weight excluding hydrogens is 294 g/mol. The van der Waals surface area contributed by atoms with Gasteiger partial charge in [0, 0.05) is 6.92 Å². The van der Waals surface area contributed by atoms with Crippen LogP contribution in [-0.2, 0) is 14.3 Å². The molecule has 0 spiro atoms. The number of methoxy groups -OCH3 is 1. The van der Waals surface area contributed by atoms with Crippen molar-refractivity contribution >= 4 is 11.9 Å². The Kier molecular flexibility index (Phi) is 6.59. The minimum Gasteiger partial charge on any atom is -0.469 e. The van der Waals surface area contributed by atoms with E-state index in [2.05, 4.69) is 4.90 Å². The normalized spacial score (nSPS) is 16.6. The lowest BCUT2D eigenvalue weighted by atomic mass is 9.95. The summed E-state index contributed by atoms with van der Waals surface area (Å²) in [6, 6.07) is 7.09. The third-order valence-corrected chi connectivity index (χ3v) is 4.21. The Bertz CT molecular complexity index is 520. The molecule has 2 rings (SSSR count). The molecule has 1 aliphatic rings. The molecule has 5 heteroatoms. The molecule has 0 saturated carbocycles. The minimum atomic E-state index is -0.354. The van der Waals surface area contributed by atoms with Gasteiger partial charge in [0.2, 0.25) is 0 Å². The Morgan fingerprint density at radius 1 is 1.13 bits per heavy atom. The summed E-state index contributed by atoms with van der Waals surface area (Å²) in [6.07, 6.45) is 4.51. The molecule has 1 aliphatic heterocycles. The predicted octanol–water partition coefficient (Wildman–Crippen LogP) is 2.74. The number of piperidine rings is 1. The number of ether oxygens (including phenoxy) is 2. The summed E-state index contributed by atoms with van der Waals surface area (Å²) in [5.41, 5.74) is 0.893. The molecule has 0 amide bonds. The van der Waals surface area contributed by atoms with Gasteiger partial charge in [-0.1, -0.05) is 18.6 Å². The van der Waals surface area contributed by atoms with E-state index >= 15 is 0 Å². The highest BCUT2D eigenvalue weighted by Crippen LogP contribution is 2.25. The maximum atomic E-state index is 12.1. The Balaban J connectivity index is 2.01. The number of rotatable bonds is 6. The summed E-state index contributed by atoms with van der Waals surface area (Å²) in [4.78, 5) is 25.5. The van der Waals surface area contributed by atoms with E-state index in [4.69, 9.17) is 9.47 Å². The molecule has 1 heterocycles. The first-order valence-corrected chi connectivity index (χ1v) is 8.18. The van der Waals surface area contributed by atoms with Crippen molar-refractivity contribution in [2.45, 2.75) is 38.5 Å². The summed E-state index contributed by atoms with van der Waals surface area (Å²) < 4.78 is 9.99. The van der Waals surface area contributed by atoms with Crippen molar-refractivity contribution in [3.8, 4) is 5.75 Å². The topological polar surface area (TPSA) is 55.8 Å². The Morgan fingerprint density at radius 3 is 2.35 bits per heavy atom. The third-order valence-electron chi connectivity index (χ3n) is 4.21. The van der Waals surface area contributed by atoms with Crippen LogP contribution in [0.3, 0.4) is 0 Å². The zero-order chi connectivity index (χ0) is 16.7. The Morgan fingerprint density at radius 2 is 1.78 bits per heavy atom. The van der Waals surface area contributed by atoms with Gasteiger partial charge in [-0.3, -0.25) is 9.59 Å². The van der Waals surface area contributed by atoms with Crippen LogP contribution in [0.25, 0.3) is 0 Å². The van der Waals surface area contributed by atoms with Crippen LogP contribution in [0.1, 0.15) is 44.1 Å². The zero-order valence-electron chi connectivity index (χ0n) is 13.9. The van der Waals surface area contributed by atoms with Crippen molar-refractivity contribution in [1.82, 2.24) is 4.90 Å². The number of hydrogen-bond donors (Lipinski definition) is 0. The molecule has 0 radical (unpaired) electrons. The number of benzene rings is 1. The second-order valence-corrected chi connectivity index (χ2v) is 5.93. The highest BCUT2D eigenvalue weighted by molar-refractivity contribution is 5.78. The van der Waals surface area contributed by atoms with E-state index in [9.17, 15) is 9.59 Å². The second-order valence-electron chi connectivity index (χ2n) is 5.93. The van der Waals surface area contributed by atoms with Crippen molar-refractivity contribution in [3.63, 3.8) is 0 Å². The largest absolute Gasteiger partial charge is 0.469 e. The van der Waals surface area contributed by atoms with Crippen LogP contribution in [-0.4, -0.2) is 43.6 Å². The quantitative estimate of drug-likeness (QED) is 0.596. The highest BCUT2D eigenvalue weighted by atomic mass is 16.5. The molecule has 23 heavy (non-hydrogen) atoms. The van der Waals surface area contributed by atoms with E-state index in [-0.39, 0.29) is 17.9 Å². The molecule has 1 atom stereocenters. The van der Waals surface area contributed by atoms with E-state index < -0.39 is 0 Å². The molecule has 1 fully saturated rings. The van der Waals surface area contributed by atoms with Gasteiger partial charge in [-0.15, -0.1) is 0 Å². The molecule has 126 valence electrons. The van der Waals surface area contributed by atoms with E-state index in [0.29, 0.717) is 5.75 Å². The van der Waals surface area contributed by atoms with E-state index in [1.807, 2.05) is 12.1 Å². The van der Waals surface area contributed by atoms with Gasteiger partial charge in [0.15, 0.2) is 0 Å². The van der Waals surface area contributed by atoms with Gasteiger partial charge in [0.25, 0.3) is 0 Å². The summed E-state index contributed by atoms with van der Waals surface area (Å²) in [6.45, 7) is 4.48. The highest BCUT2D eigenvalue weighted by Gasteiger charge is 2.23. The summed E-state index contributed by atoms with van der Waals surface area (Å²) >= 11 is 0. The van der Waals surface area contributed by atoms with Crippen LogP contribution in [0.15, 0.2) is 24.3 Å². The summed E-state index contributed by atoms with van der Waals surface area (Å²) in [5.74, 6) is -0.371. The average molecular weight is 319 g/mol. The smallest absolute Gasteiger partial charge is 0.313 e. The monoisotopic (exact) mass is 319 g/mol. The lowest BCUT2D eigenvalue weighted by Crippen LogP contribution is -2.32. The third kappa shape index (κ3) is 5.36. The number of esters is 2. The first kappa shape index (κ1) is 17.5. The summed E-state index contributed by atoms with van der Waals surface area (Å²) in [7, 11) is 1.42. The number of hydrogen-bond acceptors (Lipinski definition) is 5. The minimum absolute atomic E-state index is 0.220. The van der Waals surface area contributed by atoms with Crippen molar-refractivity contribution in [2.24, 2.45) is 0 Å². The van der Waals surface area contributed by atoms with Crippen molar-refractivity contribution in [1.29, 1.82) is 0 Å². The van der Waals surface area contributed by atoms with Crippen LogP contribution < -0.4 is 4.74 Å². The van der Waals surface area contributed by atoms with Gasteiger partial charge in [-0.05, 0) is 56.6 Å². The fourth-order valence-corrected chi connectivity index (χ4v) is 2.99.